The molecule has 0 unspecified atom stereocenters. The fraction of sp³-hybridized carbons (Fsp3) is 0.235. The fourth-order valence-corrected chi connectivity index (χ4v) is 4.32. The number of piperazine rings is 1. The van der Waals surface area contributed by atoms with Crippen LogP contribution < -0.4 is 9.62 Å². The summed E-state index contributed by atoms with van der Waals surface area (Å²) in [4.78, 5) is 3.77. The van der Waals surface area contributed by atoms with Crippen molar-refractivity contribution in [2.75, 3.05) is 31.1 Å². The van der Waals surface area contributed by atoms with Gasteiger partial charge in [0.15, 0.2) is 5.11 Å². The van der Waals surface area contributed by atoms with Gasteiger partial charge in [-0.3, -0.25) is 4.72 Å². The smallest absolute Gasteiger partial charge is 0.263 e. The topological polar surface area (TPSA) is 52.7 Å². The van der Waals surface area contributed by atoms with Gasteiger partial charge in [-0.05, 0) is 48.6 Å². The maximum Gasteiger partial charge on any atom is 0.263 e. The number of para-hydroxylation sites is 1. The van der Waals surface area contributed by atoms with E-state index in [1.807, 2.05) is 4.90 Å². The lowest BCUT2D eigenvalue weighted by atomic mass is 10.2. The van der Waals surface area contributed by atoms with Gasteiger partial charge in [0.05, 0.1) is 10.6 Å². The van der Waals surface area contributed by atoms with Gasteiger partial charge in [0.25, 0.3) is 10.0 Å². The van der Waals surface area contributed by atoms with Gasteiger partial charge >= 0.3 is 0 Å². The van der Waals surface area contributed by atoms with E-state index in [0.717, 1.165) is 0 Å². The number of sulfonamides is 1. The van der Waals surface area contributed by atoms with Crippen molar-refractivity contribution in [3.63, 3.8) is 0 Å². The SMILES string of the molecule is O=S(=O)(NC(=S)N1CCN(c2ccccc2F)CC1)c1ccc(Cl)cc1. The number of anilines is 1. The van der Waals surface area contributed by atoms with Crippen molar-refractivity contribution < 1.29 is 12.8 Å². The Kier molecular flexibility index (Phi) is 5.64. The first kappa shape index (κ1) is 18.9. The highest BCUT2D eigenvalue weighted by atomic mass is 35.5. The van der Waals surface area contributed by atoms with Gasteiger partial charge in [0.2, 0.25) is 0 Å². The van der Waals surface area contributed by atoms with Crippen LogP contribution in [0.2, 0.25) is 5.02 Å². The molecule has 0 radical (unpaired) electrons. The number of hydrogen-bond acceptors (Lipinski definition) is 4. The molecule has 9 heteroatoms. The molecule has 1 N–H and O–H groups in total. The molecule has 1 aliphatic rings. The van der Waals surface area contributed by atoms with E-state index in [1.54, 1.807) is 23.1 Å². The maximum atomic E-state index is 13.9. The van der Waals surface area contributed by atoms with E-state index in [1.165, 1.54) is 30.3 Å². The van der Waals surface area contributed by atoms with Crippen LogP contribution in [0.25, 0.3) is 0 Å². The third kappa shape index (κ3) is 4.25. The molecule has 2 aromatic rings. The summed E-state index contributed by atoms with van der Waals surface area (Å²) in [6.07, 6.45) is 0. The quantitative estimate of drug-likeness (QED) is 0.784. The summed E-state index contributed by atoms with van der Waals surface area (Å²) < 4.78 is 41.1. The normalized spacial score (nSPS) is 15.0. The molecule has 26 heavy (non-hydrogen) atoms. The molecule has 0 saturated carbocycles. The molecule has 0 spiro atoms. The van der Waals surface area contributed by atoms with Crippen LogP contribution in [0.3, 0.4) is 0 Å². The van der Waals surface area contributed by atoms with Crippen LogP contribution in [0.15, 0.2) is 53.4 Å². The number of benzene rings is 2. The van der Waals surface area contributed by atoms with E-state index in [9.17, 15) is 12.8 Å². The largest absolute Gasteiger partial charge is 0.366 e. The standard InChI is InChI=1S/C17H17ClFN3O2S2/c18-13-5-7-14(8-6-13)26(23,24)20-17(25)22-11-9-21(10-12-22)16-4-2-1-3-15(16)19/h1-8H,9-12H2,(H,20,25). The summed E-state index contributed by atoms with van der Waals surface area (Å²) in [7, 11) is -3.76. The lowest BCUT2D eigenvalue weighted by Crippen LogP contribution is -2.52. The van der Waals surface area contributed by atoms with Gasteiger partial charge in [-0.1, -0.05) is 23.7 Å². The molecule has 1 fully saturated rings. The van der Waals surface area contributed by atoms with Crippen LogP contribution in [0.4, 0.5) is 10.1 Å². The Morgan fingerprint density at radius 3 is 2.27 bits per heavy atom. The Morgan fingerprint density at radius 1 is 1.04 bits per heavy atom. The average Bonchev–Trinajstić information content (AvgIpc) is 2.62. The second kappa shape index (κ2) is 7.77. The lowest BCUT2D eigenvalue weighted by Gasteiger charge is -2.37. The molecule has 1 saturated heterocycles. The zero-order chi connectivity index (χ0) is 18.7. The summed E-state index contributed by atoms with van der Waals surface area (Å²) >= 11 is 11.0. The third-order valence-corrected chi connectivity index (χ3v) is 6.20. The second-order valence-corrected chi connectivity index (χ2v) is 8.30. The average molecular weight is 414 g/mol. The van der Waals surface area contributed by atoms with Gasteiger partial charge in [0.1, 0.15) is 5.82 Å². The second-order valence-electron chi connectivity index (χ2n) is 5.79. The molecule has 0 amide bonds. The van der Waals surface area contributed by atoms with Gasteiger partial charge in [-0.15, -0.1) is 0 Å². The fourth-order valence-electron chi connectivity index (χ4n) is 2.71. The van der Waals surface area contributed by atoms with Crippen molar-refractivity contribution >= 4 is 44.6 Å². The number of hydrogen-bond donors (Lipinski definition) is 1. The molecule has 0 aromatic heterocycles. The summed E-state index contributed by atoms with van der Waals surface area (Å²) in [6.45, 7) is 2.08. The maximum absolute atomic E-state index is 13.9. The Morgan fingerprint density at radius 2 is 1.65 bits per heavy atom. The minimum atomic E-state index is -3.76. The Balaban J connectivity index is 1.62. The van der Waals surface area contributed by atoms with E-state index in [-0.39, 0.29) is 15.8 Å². The zero-order valence-corrected chi connectivity index (χ0v) is 16.1. The molecule has 138 valence electrons. The molecule has 0 bridgehead atoms. The number of nitrogens with one attached hydrogen (secondary N) is 1. The Bertz CT molecular complexity index is 898. The van der Waals surface area contributed by atoms with Crippen molar-refractivity contribution in [2.45, 2.75) is 4.90 Å². The molecule has 5 nitrogen and oxygen atoms in total. The molecular formula is C17H17ClFN3O2S2. The summed E-state index contributed by atoms with van der Waals surface area (Å²) in [5.74, 6) is -0.271. The molecule has 0 aliphatic carbocycles. The monoisotopic (exact) mass is 413 g/mol. The van der Waals surface area contributed by atoms with E-state index in [0.29, 0.717) is 36.9 Å². The number of halogens is 2. The Labute approximate surface area is 162 Å². The van der Waals surface area contributed by atoms with Crippen molar-refractivity contribution in [3.05, 3.63) is 59.4 Å². The summed E-state index contributed by atoms with van der Waals surface area (Å²) in [5, 5.41) is 0.587. The highest BCUT2D eigenvalue weighted by Gasteiger charge is 2.24. The number of rotatable bonds is 3. The molecule has 3 rings (SSSR count). The predicted molar refractivity (Wildman–Crippen MR) is 105 cm³/mol. The van der Waals surface area contributed by atoms with Crippen molar-refractivity contribution in [3.8, 4) is 0 Å². The van der Waals surface area contributed by atoms with E-state index in [4.69, 9.17) is 23.8 Å². The third-order valence-electron chi connectivity index (χ3n) is 4.11. The molecule has 0 atom stereocenters. The molecule has 2 aromatic carbocycles. The van der Waals surface area contributed by atoms with Gasteiger partial charge in [0, 0.05) is 31.2 Å². The summed E-state index contributed by atoms with van der Waals surface area (Å²) in [5.41, 5.74) is 0.541. The van der Waals surface area contributed by atoms with Gasteiger partial charge in [-0.2, -0.15) is 0 Å². The van der Waals surface area contributed by atoms with E-state index >= 15 is 0 Å². The van der Waals surface area contributed by atoms with Crippen molar-refractivity contribution in [1.82, 2.24) is 9.62 Å². The minimum Gasteiger partial charge on any atom is -0.366 e. The molecule has 1 heterocycles. The van der Waals surface area contributed by atoms with E-state index < -0.39 is 10.0 Å². The van der Waals surface area contributed by atoms with Crippen LogP contribution >= 0.6 is 23.8 Å². The first-order valence-corrected chi connectivity index (χ1v) is 10.2. The van der Waals surface area contributed by atoms with Crippen molar-refractivity contribution in [1.29, 1.82) is 0 Å². The highest BCUT2D eigenvalue weighted by Crippen LogP contribution is 2.20. The van der Waals surface area contributed by atoms with Crippen LogP contribution in [-0.2, 0) is 10.0 Å². The first-order valence-electron chi connectivity index (χ1n) is 7.93. The van der Waals surface area contributed by atoms with E-state index in [2.05, 4.69) is 4.72 Å². The van der Waals surface area contributed by atoms with Crippen LogP contribution in [0.5, 0.6) is 0 Å². The summed E-state index contributed by atoms with van der Waals surface area (Å²) in [6, 6.07) is 12.4. The first-order chi connectivity index (χ1) is 12.4. The van der Waals surface area contributed by atoms with Crippen LogP contribution in [0, 0.1) is 5.82 Å². The minimum absolute atomic E-state index is 0.0919. The van der Waals surface area contributed by atoms with Crippen molar-refractivity contribution in [2.24, 2.45) is 0 Å². The zero-order valence-electron chi connectivity index (χ0n) is 13.7. The molecular weight excluding hydrogens is 397 g/mol. The van der Waals surface area contributed by atoms with Gasteiger partial charge < -0.3 is 9.80 Å². The number of nitrogens with zero attached hydrogens (tertiary/aromatic N) is 2. The molecule has 1 aliphatic heterocycles. The van der Waals surface area contributed by atoms with Crippen LogP contribution in [-0.4, -0.2) is 44.6 Å². The number of thiocarbonyl (C=S) groups is 1. The van der Waals surface area contributed by atoms with Gasteiger partial charge in [-0.25, -0.2) is 12.8 Å². The Hall–Kier alpha value is -1.90. The highest BCUT2D eigenvalue weighted by molar-refractivity contribution is 7.91. The predicted octanol–water partition coefficient (Wildman–Crippen LogP) is 2.86. The lowest BCUT2D eigenvalue weighted by molar-refractivity contribution is 0.383. The van der Waals surface area contributed by atoms with Crippen LogP contribution in [0.1, 0.15) is 0 Å².